The lowest BCUT2D eigenvalue weighted by Crippen LogP contribution is -2.16. The minimum atomic E-state index is -0.445. The number of aromatic nitrogens is 3. The predicted molar refractivity (Wildman–Crippen MR) is 130 cm³/mol. The number of ether oxygens (including phenoxy) is 2. The minimum absolute atomic E-state index is 0.123. The SMILES string of the molecule is CCc1c(C)sc(NC(=O)CSc2nnc(C(C)Oc3cccc(C)c3)n2C)c1C(=O)OC. The van der Waals surface area contributed by atoms with Gasteiger partial charge in [0.2, 0.25) is 5.91 Å². The summed E-state index contributed by atoms with van der Waals surface area (Å²) in [5.74, 6) is 0.868. The zero-order valence-electron chi connectivity index (χ0n) is 19.6. The van der Waals surface area contributed by atoms with Gasteiger partial charge in [0, 0.05) is 11.9 Å². The van der Waals surface area contributed by atoms with Crippen LogP contribution in [0.1, 0.15) is 52.1 Å². The fourth-order valence-corrected chi connectivity index (χ4v) is 5.32. The van der Waals surface area contributed by atoms with Crippen LogP contribution in [0.15, 0.2) is 29.4 Å². The van der Waals surface area contributed by atoms with Gasteiger partial charge in [-0.05, 0) is 50.5 Å². The van der Waals surface area contributed by atoms with Crippen LogP contribution in [-0.2, 0) is 23.0 Å². The second-order valence-electron chi connectivity index (χ2n) is 7.50. The number of methoxy groups -OCH3 is 1. The van der Waals surface area contributed by atoms with Crippen LogP contribution in [0.25, 0.3) is 0 Å². The molecule has 1 amide bonds. The van der Waals surface area contributed by atoms with Crippen LogP contribution in [0.4, 0.5) is 5.00 Å². The van der Waals surface area contributed by atoms with Gasteiger partial charge in [-0.1, -0.05) is 30.8 Å². The number of nitrogens with one attached hydrogen (secondary N) is 1. The van der Waals surface area contributed by atoms with Gasteiger partial charge in [-0.3, -0.25) is 4.79 Å². The average Bonchev–Trinajstić information content (AvgIpc) is 3.30. The highest BCUT2D eigenvalue weighted by Gasteiger charge is 2.23. The number of esters is 1. The minimum Gasteiger partial charge on any atom is -0.483 e. The first kappa shape index (κ1) is 24.8. The van der Waals surface area contributed by atoms with Crippen molar-refractivity contribution < 1.29 is 19.1 Å². The molecule has 0 saturated carbocycles. The van der Waals surface area contributed by atoms with Gasteiger partial charge in [0.1, 0.15) is 10.8 Å². The monoisotopic (exact) mass is 488 g/mol. The Morgan fingerprint density at radius 1 is 1.27 bits per heavy atom. The van der Waals surface area contributed by atoms with Gasteiger partial charge < -0.3 is 19.4 Å². The smallest absolute Gasteiger partial charge is 0.341 e. The van der Waals surface area contributed by atoms with Crippen LogP contribution >= 0.6 is 23.1 Å². The summed E-state index contributed by atoms with van der Waals surface area (Å²) in [5.41, 5.74) is 2.45. The van der Waals surface area contributed by atoms with E-state index in [4.69, 9.17) is 9.47 Å². The molecule has 0 fully saturated rings. The molecule has 0 saturated heterocycles. The van der Waals surface area contributed by atoms with Crippen LogP contribution in [0.5, 0.6) is 5.75 Å². The molecule has 1 N–H and O–H groups in total. The molecule has 3 rings (SSSR count). The zero-order chi connectivity index (χ0) is 24.1. The molecule has 2 aromatic heterocycles. The number of hydrogen-bond acceptors (Lipinski definition) is 8. The molecule has 0 aliphatic carbocycles. The quantitative estimate of drug-likeness (QED) is 0.344. The highest BCUT2D eigenvalue weighted by atomic mass is 32.2. The summed E-state index contributed by atoms with van der Waals surface area (Å²) in [7, 11) is 3.18. The standard InChI is InChI=1S/C23H28N4O4S2/c1-7-17-15(4)33-21(19(17)22(29)30-6)24-18(28)12-32-23-26-25-20(27(23)5)14(3)31-16-10-8-9-13(2)11-16/h8-11,14H,7,12H2,1-6H3,(H,24,28). The number of thiophene rings is 1. The van der Waals surface area contributed by atoms with Gasteiger partial charge in [0.15, 0.2) is 17.1 Å². The van der Waals surface area contributed by atoms with Gasteiger partial charge in [0.05, 0.1) is 18.4 Å². The molecule has 1 aromatic carbocycles. The van der Waals surface area contributed by atoms with Crippen LogP contribution in [-0.4, -0.2) is 39.5 Å². The highest BCUT2D eigenvalue weighted by Crippen LogP contribution is 2.34. The Balaban J connectivity index is 1.65. The fourth-order valence-electron chi connectivity index (χ4n) is 3.45. The van der Waals surface area contributed by atoms with E-state index in [-0.39, 0.29) is 17.8 Å². The number of thioether (sulfide) groups is 1. The first-order valence-electron chi connectivity index (χ1n) is 10.5. The molecule has 0 radical (unpaired) electrons. The molecule has 8 nitrogen and oxygen atoms in total. The molecular weight excluding hydrogens is 460 g/mol. The lowest BCUT2D eigenvalue weighted by atomic mass is 10.1. The summed E-state index contributed by atoms with van der Waals surface area (Å²) in [6.07, 6.45) is 0.374. The molecule has 0 aliphatic rings. The number of rotatable bonds is 9. The van der Waals surface area contributed by atoms with Crippen molar-refractivity contribution in [1.82, 2.24) is 14.8 Å². The van der Waals surface area contributed by atoms with Crippen molar-refractivity contribution in [3.8, 4) is 5.75 Å². The zero-order valence-corrected chi connectivity index (χ0v) is 21.2. The number of hydrogen-bond donors (Lipinski definition) is 1. The normalized spacial score (nSPS) is 11.8. The predicted octanol–water partition coefficient (Wildman–Crippen LogP) is 4.71. The molecule has 3 aromatic rings. The average molecular weight is 489 g/mol. The second kappa shape index (κ2) is 10.8. The van der Waals surface area contributed by atoms with Gasteiger partial charge in [-0.25, -0.2) is 4.79 Å². The van der Waals surface area contributed by atoms with E-state index in [1.54, 1.807) is 0 Å². The van der Waals surface area contributed by atoms with Crippen LogP contribution in [0.3, 0.4) is 0 Å². The van der Waals surface area contributed by atoms with Gasteiger partial charge in [0.25, 0.3) is 0 Å². The summed E-state index contributed by atoms with van der Waals surface area (Å²) in [6, 6.07) is 7.82. The maximum absolute atomic E-state index is 12.6. The number of aryl methyl sites for hydroxylation is 2. The Labute approximate surface area is 201 Å². The van der Waals surface area contributed by atoms with Crippen LogP contribution < -0.4 is 10.1 Å². The van der Waals surface area contributed by atoms with Crippen molar-refractivity contribution in [3.05, 3.63) is 51.7 Å². The molecule has 0 bridgehead atoms. The second-order valence-corrected chi connectivity index (χ2v) is 9.67. The van der Waals surface area contributed by atoms with Crippen LogP contribution in [0.2, 0.25) is 0 Å². The van der Waals surface area contributed by atoms with E-state index in [0.29, 0.717) is 28.0 Å². The van der Waals surface area contributed by atoms with Crippen molar-refractivity contribution in [2.24, 2.45) is 7.05 Å². The Kier molecular flexibility index (Phi) is 8.15. The Hall–Kier alpha value is -2.85. The number of anilines is 1. The van der Waals surface area contributed by atoms with Crippen LogP contribution in [0, 0.1) is 13.8 Å². The molecule has 33 heavy (non-hydrogen) atoms. The van der Waals surface area contributed by atoms with Crippen molar-refractivity contribution in [1.29, 1.82) is 0 Å². The van der Waals surface area contributed by atoms with E-state index in [0.717, 1.165) is 21.8 Å². The van der Waals surface area contributed by atoms with Crippen molar-refractivity contribution in [2.45, 2.75) is 45.4 Å². The van der Waals surface area contributed by atoms with E-state index in [2.05, 4.69) is 15.5 Å². The number of amides is 1. The van der Waals surface area contributed by atoms with E-state index < -0.39 is 5.97 Å². The number of carbonyl (C=O) groups is 2. The summed E-state index contributed by atoms with van der Waals surface area (Å²) in [5, 5.41) is 12.4. The maximum atomic E-state index is 12.6. The summed E-state index contributed by atoms with van der Waals surface area (Å²) in [6.45, 7) is 7.82. The Morgan fingerprint density at radius 3 is 2.70 bits per heavy atom. The van der Waals surface area contributed by atoms with E-state index in [1.165, 1.54) is 30.2 Å². The molecule has 1 atom stereocenters. The van der Waals surface area contributed by atoms with Gasteiger partial charge >= 0.3 is 5.97 Å². The van der Waals surface area contributed by atoms with Crippen molar-refractivity contribution >= 4 is 40.0 Å². The van der Waals surface area contributed by atoms with Crippen molar-refractivity contribution in [2.75, 3.05) is 18.2 Å². The number of nitrogens with zero attached hydrogens (tertiary/aromatic N) is 3. The molecular formula is C23H28N4O4S2. The lowest BCUT2D eigenvalue weighted by Gasteiger charge is -2.14. The summed E-state index contributed by atoms with van der Waals surface area (Å²) >= 11 is 2.65. The largest absolute Gasteiger partial charge is 0.483 e. The molecule has 1 unspecified atom stereocenters. The third-order valence-corrected chi connectivity index (χ3v) is 7.16. The molecule has 176 valence electrons. The Bertz CT molecular complexity index is 1160. The third-order valence-electron chi connectivity index (χ3n) is 5.07. The lowest BCUT2D eigenvalue weighted by molar-refractivity contribution is -0.113. The Morgan fingerprint density at radius 2 is 2.03 bits per heavy atom. The third kappa shape index (κ3) is 5.75. The van der Waals surface area contributed by atoms with E-state index in [1.807, 2.05) is 63.6 Å². The molecule has 0 spiro atoms. The van der Waals surface area contributed by atoms with Gasteiger partial charge in [-0.2, -0.15) is 0 Å². The summed E-state index contributed by atoms with van der Waals surface area (Å²) in [4.78, 5) is 25.9. The number of carbonyl (C=O) groups excluding carboxylic acids is 2. The first-order valence-corrected chi connectivity index (χ1v) is 12.3. The molecule has 2 heterocycles. The van der Waals surface area contributed by atoms with E-state index >= 15 is 0 Å². The molecule has 10 heteroatoms. The maximum Gasteiger partial charge on any atom is 0.341 e. The molecule has 0 aliphatic heterocycles. The van der Waals surface area contributed by atoms with Crippen molar-refractivity contribution in [3.63, 3.8) is 0 Å². The number of benzene rings is 1. The fraction of sp³-hybridized carbons (Fsp3) is 0.391. The topological polar surface area (TPSA) is 95.3 Å². The highest BCUT2D eigenvalue weighted by molar-refractivity contribution is 7.99. The van der Waals surface area contributed by atoms with Gasteiger partial charge in [-0.15, -0.1) is 21.5 Å². The summed E-state index contributed by atoms with van der Waals surface area (Å²) < 4.78 is 12.7. The van der Waals surface area contributed by atoms with E-state index in [9.17, 15) is 9.59 Å². The first-order chi connectivity index (χ1) is 15.7.